The topological polar surface area (TPSA) is 0 Å². The summed E-state index contributed by atoms with van der Waals surface area (Å²) in [6, 6.07) is 0. The summed E-state index contributed by atoms with van der Waals surface area (Å²) < 4.78 is 0.0364. The first-order valence-corrected chi connectivity index (χ1v) is 8.84. The number of thiol groups is 1. The van der Waals surface area contributed by atoms with Gasteiger partial charge in [0.15, 0.2) is 0 Å². The van der Waals surface area contributed by atoms with Crippen LogP contribution in [0.4, 0.5) is 0 Å². The summed E-state index contributed by atoms with van der Waals surface area (Å²) in [7, 11) is 0. The average Bonchev–Trinajstić information content (AvgIpc) is 2.39. The minimum Gasteiger partial charge on any atom is -0.173 e. The van der Waals surface area contributed by atoms with E-state index in [1.54, 1.807) is 0 Å². The van der Waals surface area contributed by atoms with E-state index in [1.807, 2.05) is 6.08 Å². The summed E-state index contributed by atoms with van der Waals surface area (Å²) in [6.45, 7) is 23.8. The predicted octanol–water partition coefficient (Wildman–Crippen LogP) is 7.31. The molecule has 0 aliphatic carbocycles. The van der Waals surface area contributed by atoms with Crippen molar-refractivity contribution in [3.05, 3.63) is 47.1 Å². The van der Waals surface area contributed by atoms with E-state index in [-0.39, 0.29) is 4.75 Å². The van der Waals surface area contributed by atoms with Crippen LogP contribution in [-0.2, 0) is 0 Å². The van der Waals surface area contributed by atoms with Crippen LogP contribution in [0.25, 0.3) is 0 Å². The highest BCUT2D eigenvalue weighted by Gasteiger charge is 2.17. The van der Waals surface area contributed by atoms with Crippen LogP contribution >= 0.6 is 12.6 Å². The van der Waals surface area contributed by atoms with Crippen LogP contribution in [0.15, 0.2) is 47.1 Å². The van der Waals surface area contributed by atoms with E-state index in [1.165, 1.54) is 34.3 Å². The molecule has 0 saturated heterocycles. The van der Waals surface area contributed by atoms with E-state index in [0.717, 1.165) is 19.3 Å². The number of hydrogen-bond acceptors (Lipinski definition) is 1. The molecule has 0 aromatic carbocycles. The Morgan fingerprint density at radius 2 is 1.68 bits per heavy atom. The largest absolute Gasteiger partial charge is 0.173 e. The molecule has 0 aromatic heterocycles. The molecule has 0 rings (SSSR count). The van der Waals surface area contributed by atoms with Crippen LogP contribution in [0.5, 0.6) is 0 Å². The van der Waals surface area contributed by atoms with Gasteiger partial charge in [0.1, 0.15) is 0 Å². The monoisotopic (exact) mass is 320 g/mol. The molecule has 0 N–H and O–H groups in total. The van der Waals surface area contributed by atoms with Gasteiger partial charge in [-0.3, -0.25) is 0 Å². The summed E-state index contributed by atoms with van der Waals surface area (Å²) >= 11 is 4.68. The lowest BCUT2D eigenvalue weighted by Gasteiger charge is -2.22. The fourth-order valence-electron chi connectivity index (χ4n) is 2.28. The second-order valence-corrected chi connectivity index (χ2v) is 8.77. The van der Waals surface area contributed by atoms with Gasteiger partial charge in [0, 0.05) is 4.75 Å². The summed E-state index contributed by atoms with van der Waals surface area (Å²) in [4.78, 5) is 0. The highest BCUT2D eigenvalue weighted by atomic mass is 32.1. The second-order valence-electron chi connectivity index (χ2n) is 7.56. The first kappa shape index (κ1) is 21.3. The van der Waals surface area contributed by atoms with Gasteiger partial charge in [-0.15, -0.1) is 0 Å². The van der Waals surface area contributed by atoms with E-state index >= 15 is 0 Å². The minimum atomic E-state index is 0.0364. The second kappa shape index (κ2) is 9.45. The molecule has 0 atom stereocenters. The van der Waals surface area contributed by atoms with Crippen molar-refractivity contribution < 1.29 is 0 Å². The SMILES string of the molecule is C=C/C(CCC(C)C)=C(/CCC(C)(C)S)C(=C)C(C)=C(C)C. The van der Waals surface area contributed by atoms with Crippen LogP contribution in [0.2, 0.25) is 0 Å². The number of allylic oxidation sites excluding steroid dienone is 6. The average molecular weight is 321 g/mol. The molecule has 0 aromatic rings. The third-order valence-corrected chi connectivity index (χ3v) is 4.40. The molecule has 0 amide bonds. The molecule has 1 heteroatoms. The minimum absolute atomic E-state index is 0.0364. The van der Waals surface area contributed by atoms with Crippen LogP contribution < -0.4 is 0 Å². The summed E-state index contributed by atoms with van der Waals surface area (Å²) in [5.41, 5.74) is 6.54. The van der Waals surface area contributed by atoms with Crippen LogP contribution in [0.1, 0.15) is 74.1 Å². The van der Waals surface area contributed by atoms with E-state index in [4.69, 9.17) is 0 Å². The molecule has 0 radical (unpaired) electrons. The van der Waals surface area contributed by atoms with Crippen LogP contribution in [0, 0.1) is 5.92 Å². The Balaban J connectivity index is 5.59. The molecule has 22 heavy (non-hydrogen) atoms. The molecule has 0 spiro atoms. The third-order valence-electron chi connectivity index (χ3n) is 4.18. The molecular formula is C21H36S. The molecule has 0 nitrogen and oxygen atoms in total. The molecule has 0 aliphatic rings. The maximum absolute atomic E-state index is 4.68. The van der Waals surface area contributed by atoms with Gasteiger partial charge in [-0.25, -0.2) is 0 Å². The molecule has 0 aliphatic heterocycles. The zero-order valence-corrected chi connectivity index (χ0v) is 16.7. The van der Waals surface area contributed by atoms with Crippen molar-refractivity contribution in [2.75, 3.05) is 0 Å². The Morgan fingerprint density at radius 3 is 2.05 bits per heavy atom. The number of hydrogen-bond donors (Lipinski definition) is 1. The fourth-order valence-corrected chi connectivity index (χ4v) is 2.40. The Labute approximate surface area is 144 Å². The maximum Gasteiger partial charge on any atom is 0.00763 e. The van der Waals surface area contributed by atoms with Crippen molar-refractivity contribution in [2.45, 2.75) is 78.9 Å². The quantitative estimate of drug-likeness (QED) is 0.334. The van der Waals surface area contributed by atoms with Crippen molar-refractivity contribution in [3.63, 3.8) is 0 Å². The van der Waals surface area contributed by atoms with Crippen molar-refractivity contribution >= 4 is 12.6 Å². The lowest BCUT2D eigenvalue weighted by Crippen LogP contribution is -2.11. The molecule has 0 unspecified atom stereocenters. The molecular weight excluding hydrogens is 284 g/mol. The highest BCUT2D eigenvalue weighted by Crippen LogP contribution is 2.32. The van der Waals surface area contributed by atoms with Gasteiger partial charge >= 0.3 is 0 Å². The summed E-state index contributed by atoms with van der Waals surface area (Å²) in [6.07, 6.45) is 6.36. The Morgan fingerprint density at radius 1 is 1.14 bits per heavy atom. The molecule has 0 heterocycles. The van der Waals surface area contributed by atoms with Crippen molar-refractivity contribution in [3.8, 4) is 0 Å². The Kier molecular flexibility index (Phi) is 9.15. The van der Waals surface area contributed by atoms with E-state index in [0.29, 0.717) is 5.92 Å². The van der Waals surface area contributed by atoms with Crippen LogP contribution in [-0.4, -0.2) is 4.75 Å². The molecule has 0 fully saturated rings. The first-order chi connectivity index (χ1) is 9.99. The molecule has 126 valence electrons. The third kappa shape index (κ3) is 8.08. The normalized spacial score (nSPS) is 13.0. The van der Waals surface area contributed by atoms with Gasteiger partial charge in [-0.05, 0) is 74.7 Å². The number of rotatable bonds is 9. The van der Waals surface area contributed by atoms with Gasteiger partial charge < -0.3 is 0 Å². The standard InChI is InChI=1S/C21H36S/c1-10-19(12-11-15(2)3)20(13-14-21(8,9)22)18(7)17(6)16(4)5/h10,15,22H,1,7,11-14H2,2-6,8-9H3/b20-19+. The zero-order valence-electron chi connectivity index (χ0n) is 15.8. The van der Waals surface area contributed by atoms with Gasteiger partial charge in [0.2, 0.25) is 0 Å². The van der Waals surface area contributed by atoms with E-state index in [9.17, 15) is 0 Å². The Bertz CT molecular complexity index is 449. The predicted molar refractivity (Wildman–Crippen MR) is 107 cm³/mol. The van der Waals surface area contributed by atoms with Crippen molar-refractivity contribution in [1.29, 1.82) is 0 Å². The van der Waals surface area contributed by atoms with Crippen LogP contribution in [0.3, 0.4) is 0 Å². The zero-order chi connectivity index (χ0) is 17.5. The lowest BCUT2D eigenvalue weighted by atomic mass is 9.86. The Hall–Kier alpha value is -0.690. The van der Waals surface area contributed by atoms with E-state index in [2.05, 4.69) is 74.3 Å². The summed E-state index contributed by atoms with van der Waals surface area (Å²) in [5, 5.41) is 0. The van der Waals surface area contributed by atoms with Gasteiger partial charge in [-0.1, -0.05) is 52.5 Å². The smallest absolute Gasteiger partial charge is 0.00763 e. The first-order valence-electron chi connectivity index (χ1n) is 8.40. The van der Waals surface area contributed by atoms with Crippen molar-refractivity contribution in [1.82, 2.24) is 0 Å². The van der Waals surface area contributed by atoms with E-state index < -0.39 is 0 Å². The lowest BCUT2D eigenvalue weighted by molar-refractivity contribution is 0.583. The van der Waals surface area contributed by atoms with Gasteiger partial charge in [0.25, 0.3) is 0 Å². The van der Waals surface area contributed by atoms with Crippen molar-refractivity contribution in [2.24, 2.45) is 5.92 Å². The van der Waals surface area contributed by atoms with Gasteiger partial charge in [-0.2, -0.15) is 12.6 Å². The fraction of sp³-hybridized carbons (Fsp3) is 0.619. The molecule has 0 saturated carbocycles. The van der Waals surface area contributed by atoms with Gasteiger partial charge in [0.05, 0.1) is 0 Å². The summed E-state index contributed by atoms with van der Waals surface area (Å²) in [5.74, 6) is 0.704. The highest BCUT2D eigenvalue weighted by molar-refractivity contribution is 7.81. The maximum atomic E-state index is 4.68. The molecule has 0 bridgehead atoms.